The second-order valence-electron chi connectivity index (χ2n) is 4.24. The molecule has 0 radical (unpaired) electrons. The van der Waals surface area contributed by atoms with Gasteiger partial charge in [-0.25, -0.2) is 9.18 Å². The molecule has 3 aromatic rings. The van der Waals surface area contributed by atoms with E-state index in [-0.39, 0.29) is 16.4 Å². The fourth-order valence-corrected chi connectivity index (χ4v) is 2.41. The summed E-state index contributed by atoms with van der Waals surface area (Å²) in [5.41, 5.74) is 1.13. The number of rotatable bonds is 2. The molecule has 2 aromatic carbocycles. The van der Waals surface area contributed by atoms with Crippen LogP contribution in [0.25, 0.3) is 22.1 Å². The Morgan fingerprint density at radius 1 is 1.20 bits per heavy atom. The monoisotopic (exact) mass is 290 g/mol. The molecule has 0 aliphatic heterocycles. The molecule has 3 rings (SSSR count). The van der Waals surface area contributed by atoms with Crippen molar-refractivity contribution in [1.29, 1.82) is 0 Å². The predicted molar refractivity (Wildman–Crippen MR) is 73.6 cm³/mol. The van der Waals surface area contributed by atoms with E-state index in [4.69, 9.17) is 16.0 Å². The number of carboxylic acids is 1. The number of hydrogen-bond donors (Lipinski definition) is 1. The minimum atomic E-state index is -1.23. The van der Waals surface area contributed by atoms with Gasteiger partial charge in [-0.05, 0) is 17.7 Å². The number of fused-ring (bicyclic) bond motifs is 1. The topological polar surface area (TPSA) is 50.4 Å². The molecule has 0 saturated heterocycles. The quantitative estimate of drug-likeness (QED) is 0.751. The zero-order chi connectivity index (χ0) is 14.3. The van der Waals surface area contributed by atoms with E-state index >= 15 is 0 Å². The summed E-state index contributed by atoms with van der Waals surface area (Å²) in [5.74, 6) is -2.02. The van der Waals surface area contributed by atoms with Crippen molar-refractivity contribution in [1.82, 2.24) is 0 Å². The summed E-state index contributed by atoms with van der Waals surface area (Å²) < 4.78 is 18.8. The minimum Gasteiger partial charge on any atom is -0.475 e. The molecule has 0 fully saturated rings. The van der Waals surface area contributed by atoms with Crippen LogP contribution in [0.5, 0.6) is 0 Å². The van der Waals surface area contributed by atoms with E-state index in [1.807, 2.05) is 0 Å². The minimum absolute atomic E-state index is 0.0460. The van der Waals surface area contributed by atoms with Gasteiger partial charge in [0.25, 0.3) is 0 Å². The molecule has 0 unspecified atom stereocenters. The first-order chi connectivity index (χ1) is 9.58. The summed E-state index contributed by atoms with van der Waals surface area (Å²) in [6.07, 6.45) is 0. The van der Waals surface area contributed by atoms with E-state index in [2.05, 4.69) is 0 Å². The van der Waals surface area contributed by atoms with Gasteiger partial charge in [0.05, 0.1) is 5.02 Å². The van der Waals surface area contributed by atoms with Gasteiger partial charge in [-0.2, -0.15) is 0 Å². The third-order valence-corrected chi connectivity index (χ3v) is 3.25. The molecule has 1 N–H and O–H groups in total. The second-order valence-corrected chi connectivity index (χ2v) is 4.65. The first-order valence-electron chi connectivity index (χ1n) is 5.78. The number of carbonyl (C=O) groups is 1. The van der Waals surface area contributed by atoms with Crippen molar-refractivity contribution in [2.75, 3.05) is 0 Å². The lowest BCUT2D eigenvalue weighted by atomic mass is 10.0. The number of benzene rings is 2. The Morgan fingerprint density at radius 3 is 2.55 bits per heavy atom. The Bertz CT molecular complexity index is 809. The van der Waals surface area contributed by atoms with E-state index in [1.165, 1.54) is 6.07 Å². The van der Waals surface area contributed by atoms with Crippen LogP contribution in [0.4, 0.5) is 4.39 Å². The fraction of sp³-hybridized carbons (Fsp3) is 0. The van der Waals surface area contributed by atoms with Crippen LogP contribution < -0.4 is 0 Å². The van der Waals surface area contributed by atoms with Gasteiger partial charge in [0, 0.05) is 10.9 Å². The highest BCUT2D eigenvalue weighted by Gasteiger charge is 2.23. The number of halogens is 2. The second kappa shape index (κ2) is 4.65. The normalized spacial score (nSPS) is 10.9. The first-order valence-corrected chi connectivity index (χ1v) is 6.16. The van der Waals surface area contributed by atoms with E-state index in [1.54, 1.807) is 30.3 Å². The fourth-order valence-electron chi connectivity index (χ4n) is 2.17. The predicted octanol–water partition coefficient (Wildman–Crippen LogP) is 4.59. The number of furan rings is 1. The van der Waals surface area contributed by atoms with Gasteiger partial charge in [-0.3, -0.25) is 0 Å². The molecule has 1 heterocycles. The molecule has 0 aliphatic carbocycles. The Morgan fingerprint density at radius 2 is 1.90 bits per heavy atom. The third-order valence-electron chi connectivity index (χ3n) is 2.97. The summed E-state index contributed by atoms with van der Waals surface area (Å²) in [7, 11) is 0. The van der Waals surface area contributed by atoms with Gasteiger partial charge < -0.3 is 9.52 Å². The van der Waals surface area contributed by atoms with Gasteiger partial charge in [0.1, 0.15) is 5.82 Å². The molecule has 0 atom stereocenters. The molecule has 0 amide bonds. The van der Waals surface area contributed by atoms with Crippen molar-refractivity contribution in [3.63, 3.8) is 0 Å². The molecule has 1 aromatic heterocycles. The van der Waals surface area contributed by atoms with Gasteiger partial charge in [0.15, 0.2) is 5.58 Å². The van der Waals surface area contributed by atoms with Crippen LogP contribution in [0.2, 0.25) is 5.02 Å². The van der Waals surface area contributed by atoms with Crippen LogP contribution in [0, 0.1) is 5.82 Å². The third kappa shape index (κ3) is 1.94. The molecular formula is C15H8ClFO3. The maximum absolute atomic E-state index is 13.5. The summed E-state index contributed by atoms with van der Waals surface area (Å²) in [5, 5.41) is 9.65. The van der Waals surface area contributed by atoms with Gasteiger partial charge in [-0.1, -0.05) is 41.9 Å². The van der Waals surface area contributed by atoms with Crippen LogP contribution in [-0.4, -0.2) is 11.1 Å². The van der Waals surface area contributed by atoms with Crippen molar-refractivity contribution in [2.24, 2.45) is 0 Å². The van der Waals surface area contributed by atoms with Crippen molar-refractivity contribution >= 4 is 28.5 Å². The Kier molecular flexibility index (Phi) is 2.95. The van der Waals surface area contributed by atoms with E-state index in [0.29, 0.717) is 16.5 Å². The first kappa shape index (κ1) is 12.7. The Hall–Kier alpha value is -2.33. The van der Waals surface area contributed by atoms with Gasteiger partial charge in [-0.15, -0.1) is 0 Å². The van der Waals surface area contributed by atoms with Crippen LogP contribution in [-0.2, 0) is 0 Å². The molecule has 20 heavy (non-hydrogen) atoms. The van der Waals surface area contributed by atoms with Crippen LogP contribution in [0.1, 0.15) is 10.6 Å². The number of aromatic carboxylic acids is 1. The zero-order valence-electron chi connectivity index (χ0n) is 10.1. The smallest absolute Gasteiger partial charge is 0.372 e. The van der Waals surface area contributed by atoms with E-state index in [0.717, 1.165) is 6.07 Å². The Labute approximate surface area is 118 Å². The van der Waals surface area contributed by atoms with Crippen molar-refractivity contribution in [2.45, 2.75) is 0 Å². The highest BCUT2D eigenvalue weighted by molar-refractivity contribution is 6.35. The van der Waals surface area contributed by atoms with Crippen molar-refractivity contribution in [3.8, 4) is 11.1 Å². The van der Waals surface area contributed by atoms with Crippen LogP contribution in [0.15, 0.2) is 46.9 Å². The van der Waals surface area contributed by atoms with Gasteiger partial charge >= 0.3 is 5.97 Å². The largest absolute Gasteiger partial charge is 0.475 e. The highest BCUT2D eigenvalue weighted by Crippen LogP contribution is 2.38. The maximum atomic E-state index is 13.5. The Balaban J connectivity index is 2.44. The molecule has 0 spiro atoms. The number of hydrogen-bond acceptors (Lipinski definition) is 2. The lowest BCUT2D eigenvalue weighted by molar-refractivity contribution is 0.0666. The SMILES string of the molecule is O=C(O)c1oc2c(Cl)cc(F)cc2c1-c1ccccc1. The molecule has 0 aliphatic rings. The summed E-state index contributed by atoms with van der Waals surface area (Å²) in [6.45, 7) is 0. The molecule has 5 heteroatoms. The van der Waals surface area contributed by atoms with Crippen molar-refractivity contribution < 1.29 is 18.7 Å². The average molecular weight is 291 g/mol. The molecule has 3 nitrogen and oxygen atoms in total. The lowest BCUT2D eigenvalue weighted by Gasteiger charge is -2.00. The van der Waals surface area contributed by atoms with E-state index in [9.17, 15) is 14.3 Å². The van der Waals surface area contributed by atoms with Crippen LogP contribution in [0.3, 0.4) is 0 Å². The molecule has 0 saturated carbocycles. The standard InChI is InChI=1S/C15H8ClFO3/c16-11-7-9(17)6-10-12(8-4-2-1-3-5-8)14(15(18)19)20-13(10)11/h1-7H,(H,18,19). The summed E-state index contributed by atoms with van der Waals surface area (Å²) in [6, 6.07) is 11.1. The molecule has 0 bridgehead atoms. The maximum Gasteiger partial charge on any atom is 0.372 e. The molecular weight excluding hydrogens is 283 g/mol. The highest BCUT2D eigenvalue weighted by atomic mass is 35.5. The average Bonchev–Trinajstić information content (AvgIpc) is 2.79. The molecule has 100 valence electrons. The summed E-state index contributed by atoms with van der Waals surface area (Å²) in [4.78, 5) is 11.3. The zero-order valence-corrected chi connectivity index (χ0v) is 10.8. The summed E-state index contributed by atoms with van der Waals surface area (Å²) >= 11 is 5.91. The number of carboxylic acid groups (broad SMARTS) is 1. The lowest BCUT2D eigenvalue weighted by Crippen LogP contribution is -1.95. The van der Waals surface area contributed by atoms with Crippen molar-refractivity contribution in [3.05, 3.63) is 59.1 Å². The van der Waals surface area contributed by atoms with E-state index < -0.39 is 11.8 Å². The van der Waals surface area contributed by atoms with Crippen LogP contribution >= 0.6 is 11.6 Å². The van der Waals surface area contributed by atoms with Gasteiger partial charge in [0.2, 0.25) is 5.76 Å².